The van der Waals surface area contributed by atoms with Crippen molar-refractivity contribution in [1.29, 1.82) is 0 Å². The van der Waals surface area contributed by atoms with Crippen molar-refractivity contribution in [2.24, 2.45) is 0 Å². The fourth-order valence-corrected chi connectivity index (χ4v) is 10.5. The van der Waals surface area contributed by atoms with E-state index in [9.17, 15) is 19.8 Å². The molecule has 0 saturated carbocycles. The Morgan fingerprint density at radius 2 is 0.586 bits per heavy atom. The lowest BCUT2D eigenvalue weighted by Gasteiger charge is -2.22. The fourth-order valence-electron chi connectivity index (χ4n) is 10.5. The summed E-state index contributed by atoms with van der Waals surface area (Å²) in [5.41, 5.74) is 0. The van der Waals surface area contributed by atoms with Gasteiger partial charge in [-0.05, 0) is 25.7 Å². The molecule has 1 amide bonds. The van der Waals surface area contributed by atoms with Gasteiger partial charge in [0.25, 0.3) is 0 Å². The number of unbranched alkanes of at least 4 members (excludes halogenated alkanes) is 50. The van der Waals surface area contributed by atoms with E-state index in [2.05, 4.69) is 19.2 Å². The summed E-state index contributed by atoms with van der Waals surface area (Å²) in [6.45, 7) is 4.98. The number of aliphatic hydroxyl groups is 2. The van der Waals surface area contributed by atoms with Crippen molar-refractivity contribution in [3.8, 4) is 0 Å². The molecule has 0 spiro atoms. The zero-order valence-electron chi connectivity index (χ0n) is 47.8. The van der Waals surface area contributed by atoms with E-state index in [0.29, 0.717) is 25.9 Å². The lowest BCUT2D eigenvalue weighted by molar-refractivity contribution is -0.143. The number of aliphatic hydroxyl groups excluding tert-OH is 2. The molecule has 6 nitrogen and oxygen atoms in total. The predicted octanol–water partition coefficient (Wildman–Crippen LogP) is 20.3. The molecular weight excluding hydrogens is 863 g/mol. The highest BCUT2D eigenvalue weighted by molar-refractivity contribution is 5.76. The van der Waals surface area contributed by atoms with E-state index in [-0.39, 0.29) is 18.5 Å². The van der Waals surface area contributed by atoms with Crippen molar-refractivity contribution in [1.82, 2.24) is 5.32 Å². The summed E-state index contributed by atoms with van der Waals surface area (Å²) in [7, 11) is 0. The van der Waals surface area contributed by atoms with E-state index < -0.39 is 12.1 Å². The third kappa shape index (κ3) is 56.2. The lowest BCUT2D eigenvalue weighted by Crippen LogP contribution is -2.45. The molecule has 2 atom stereocenters. The number of hydrogen-bond donors (Lipinski definition) is 3. The molecular formula is C64H127NO5. The Bertz CT molecular complexity index is 1010. The number of ether oxygens (including phenoxy) is 1. The molecule has 0 aromatic rings. The number of amides is 1. The van der Waals surface area contributed by atoms with Gasteiger partial charge in [0.1, 0.15) is 0 Å². The number of carbonyl (C=O) groups is 2. The highest BCUT2D eigenvalue weighted by Crippen LogP contribution is 2.19. The Balaban J connectivity index is 3.31. The van der Waals surface area contributed by atoms with Gasteiger partial charge in [0.15, 0.2) is 0 Å². The topological polar surface area (TPSA) is 95.9 Å². The number of esters is 1. The fraction of sp³-hybridized carbons (Fsp3) is 0.969. The summed E-state index contributed by atoms with van der Waals surface area (Å²) < 4.78 is 5.49. The number of nitrogens with one attached hydrogen (secondary N) is 1. The van der Waals surface area contributed by atoms with Crippen molar-refractivity contribution in [3.05, 3.63) is 0 Å². The molecule has 6 heteroatoms. The highest BCUT2D eigenvalue weighted by Gasteiger charge is 2.20. The minimum absolute atomic E-state index is 0.0212. The smallest absolute Gasteiger partial charge is 0.305 e. The largest absolute Gasteiger partial charge is 0.466 e. The summed E-state index contributed by atoms with van der Waals surface area (Å²) in [6, 6.07) is -0.536. The molecule has 0 aliphatic heterocycles. The maximum Gasteiger partial charge on any atom is 0.305 e. The Kier molecular flexibility index (Phi) is 59.4. The molecule has 0 bridgehead atoms. The van der Waals surface area contributed by atoms with Crippen LogP contribution in [-0.2, 0) is 14.3 Å². The van der Waals surface area contributed by atoms with Crippen LogP contribution in [0, 0.1) is 0 Å². The van der Waals surface area contributed by atoms with Gasteiger partial charge in [-0.3, -0.25) is 9.59 Å². The average molecular weight is 991 g/mol. The standard InChI is InChI=1S/C64H127NO5/c1-3-5-7-9-11-13-15-33-38-42-46-50-54-58-64(69)70-59-55-51-47-43-39-35-32-30-28-26-24-22-20-18-17-19-21-23-25-27-29-31-34-37-41-45-49-53-57-63(68)65-61(60-66)62(67)56-52-48-44-40-36-16-14-12-10-8-6-4-2/h61-62,66-67H,3-60H2,1-2H3,(H,65,68). The van der Waals surface area contributed by atoms with Gasteiger partial charge in [0, 0.05) is 12.8 Å². The van der Waals surface area contributed by atoms with Crippen molar-refractivity contribution in [2.75, 3.05) is 13.2 Å². The first kappa shape index (κ1) is 68.9. The highest BCUT2D eigenvalue weighted by atomic mass is 16.5. The van der Waals surface area contributed by atoms with E-state index in [0.717, 1.165) is 38.5 Å². The molecule has 0 fully saturated rings. The van der Waals surface area contributed by atoms with Crippen molar-refractivity contribution in [2.45, 2.75) is 386 Å². The average Bonchev–Trinajstić information content (AvgIpc) is 3.36. The molecule has 0 aromatic heterocycles. The maximum absolute atomic E-state index is 12.5. The summed E-state index contributed by atoms with van der Waals surface area (Å²) >= 11 is 0. The van der Waals surface area contributed by atoms with E-state index >= 15 is 0 Å². The number of hydrogen-bond acceptors (Lipinski definition) is 5. The van der Waals surface area contributed by atoms with Crippen molar-refractivity contribution in [3.63, 3.8) is 0 Å². The van der Waals surface area contributed by atoms with Crippen LogP contribution in [0.1, 0.15) is 373 Å². The zero-order chi connectivity index (χ0) is 50.7. The summed E-state index contributed by atoms with van der Waals surface area (Å²) in [6.07, 6.45) is 71.3. The van der Waals surface area contributed by atoms with Crippen LogP contribution < -0.4 is 5.32 Å². The van der Waals surface area contributed by atoms with Crippen LogP contribution in [0.2, 0.25) is 0 Å². The molecule has 0 saturated heterocycles. The van der Waals surface area contributed by atoms with Crippen LogP contribution in [-0.4, -0.2) is 47.4 Å². The second-order valence-electron chi connectivity index (χ2n) is 22.5. The van der Waals surface area contributed by atoms with Gasteiger partial charge < -0.3 is 20.3 Å². The minimum Gasteiger partial charge on any atom is -0.466 e. The van der Waals surface area contributed by atoms with Crippen LogP contribution in [0.15, 0.2) is 0 Å². The van der Waals surface area contributed by atoms with Crippen LogP contribution >= 0.6 is 0 Å². The van der Waals surface area contributed by atoms with Gasteiger partial charge in [-0.2, -0.15) is 0 Å². The Morgan fingerprint density at radius 1 is 0.343 bits per heavy atom. The van der Waals surface area contributed by atoms with E-state index in [1.54, 1.807) is 0 Å². The third-order valence-corrected chi connectivity index (χ3v) is 15.4. The number of rotatable bonds is 61. The second-order valence-corrected chi connectivity index (χ2v) is 22.5. The zero-order valence-corrected chi connectivity index (χ0v) is 47.8. The quantitative estimate of drug-likeness (QED) is 0.0417. The summed E-state index contributed by atoms with van der Waals surface area (Å²) in [4.78, 5) is 24.5. The monoisotopic (exact) mass is 990 g/mol. The first-order valence-corrected chi connectivity index (χ1v) is 32.3. The minimum atomic E-state index is -0.659. The molecule has 70 heavy (non-hydrogen) atoms. The molecule has 2 unspecified atom stereocenters. The van der Waals surface area contributed by atoms with E-state index in [1.807, 2.05) is 0 Å². The maximum atomic E-state index is 12.5. The van der Waals surface area contributed by atoms with Crippen LogP contribution in [0.4, 0.5) is 0 Å². The molecule has 0 aliphatic carbocycles. The van der Waals surface area contributed by atoms with Gasteiger partial charge in [-0.1, -0.05) is 335 Å². The third-order valence-electron chi connectivity index (χ3n) is 15.4. The van der Waals surface area contributed by atoms with Crippen LogP contribution in [0.25, 0.3) is 0 Å². The lowest BCUT2D eigenvalue weighted by atomic mass is 10.0. The Labute approximate surface area is 438 Å². The van der Waals surface area contributed by atoms with Crippen molar-refractivity contribution < 1.29 is 24.5 Å². The molecule has 0 aromatic carbocycles. The van der Waals surface area contributed by atoms with Gasteiger partial charge in [0.2, 0.25) is 5.91 Å². The molecule has 418 valence electrons. The second kappa shape index (κ2) is 60.4. The summed E-state index contributed by atoms with van der Waals surface area (Å²) in [5.74, 6) is -0.00874. The molecule has 0 aliphatic rings. The van der Waals surface area contributed by atoms with Gasteiger partial charge in [-0.15, -0.1) is 0 Å². The Hall–Kier alpha value is -1.14. The van der Waals surface area contributed by atoms with E-state index in [1.165, 1.54) is 302 Å². The first-order chi connectivity index (χ1) is 34.5. The van der Waals surface area contributed by atoms with Crippen molar-refractivity contribution >= 4 is 11.9 Å². The van der Waals surface area contributed by atoms with E-state index in [4.69, 9.17) is 4.74 Å². The van der Waals surface area contributed by atoms with Gasteiger partial charge in [0.05, 0.1) is 25.4 Å². The number of carbonyl (C=O) groups excluding carboxylic acids is 2. The molecule has 0 radical (unpaired) electrons. The van der Waals surface area contributed by atoms with Gasteiger partial charge >= 0.3 is 5.97 Å². The first-order valence-electron chi connectivity index (χ1n) is 32.3. The molecule has 0 heterocycles. The molecule has 3 N–H and O–H groups in total. The molecule has 0 rings (SSSR count). The predicted molar refractivity (Wildman–Crippen MR) is 306 cm³/mol. The normalized spacial score (nSPS) is 12.5. The SMILES string of the molecule is CCCCCCCCCCCCCCCC(=O)OCCCCCCCCCCCCCCCCCCCCCCCCCCCCCCC(=O)NC(CO)C(O)CCCCCCCCCCCCCC. The van der Waals surface area contributed by atoms with Crippen LogP contribution in [0.3, 0.4) is 0 Å². The Morgan fingerprint density at radius 3 is 0.871 bits per heavy atom. The van der Waals surface area contributed by atoms with Crippen LogP contribution in [0.5, 0.6) is 0 Å². The van der Waals surface area contributed by atoms with Gasteiger partial charge in [-0.25, -0.2) is 0 Å². The summed E-state index contributed by atoms with van der Waals surface area (Å²) in [5, 5.41) is 23.2.